The Bertz CT molecular complexity index is 1220. The molecule has 0 atom stereocenters. The van der Waals surface area contributed by atoms with Crippen molar-refractivity contribution in [1.82, 2.24) is 4.90 Å². The maximum Gasteiger partial charge on any atom is 0.255 e. The van der Waals surface area contributed by atoms with Crippen LogP contribution in [0.4, 0.5) is 11.4 Å². The van der Waals surface area contributed by atoms with Gasteiger partial charge in [0.05, 0.1) is 0 Å². The van der Waals surface area contributed by atoms with Crippen LogP contribution in [0.5, 0.6) is 0 Å². The minimum Gasteiger partial charge on any atom is -0.322 e. The van der Waals surface area contributed by atoms with Crippen molar-refractivity contribution in [3.8, 4) is 11.1 Å². The normalized spacial score (nSPS) is 16.1. The first-order valence-corrected chi connectivity index (χ1v) is 12.8. The number of carbonyl (C=O) groups is 2. The zero-order valence-corrected chi connectivity index (χ0v) is 20.4. The third-order valence-corrected chi connectivity index (χ3v) is 7.15. The van der Waals surface area contributed by atoms with Gasteiger partial charge < -0.3 is 10.2 Å². The lowest BCUT2D eigenvalue weighted by Gasteiger charge is -2.29. The van der Waals surface area contributed by atoms with E-state index in [2.05, 4.69) is 40.5 Å². The molecule has 0 spiro atoms. The van der Waals surface area contributed by atoms with E-state index in [9.17, 15) is 9.59 Å². The van der Waals surface area contributed by atoms with Crippen LogP contribution >= 0.6 is 0 Å². The number of anilines is 2. The summed E-state index contributed by atoms with van der Waals surface area (Å²) in [6.45, 7) is 5.66. The highest BCUT2D eigenvalue weighted by atomic mass is 16.2. The van der Waals surface area contributed by atoms with Crippen molar-refractivity contribution >= 4 is 23.2 Å². The SMILES string of the molecule is CCN1C(=O)CCc2ccc(NC(=O)c3ccc(-c4ccccc4)c(CN4CCCCC4)c3)cc21. The van der Waals surface area contributed by atoms with Crippen LogP contribution in [0.3, 0.4) is 0 Å². The number of rotatable bonds is 6. The number of piperidine rings is 1. The summed E-state index contributed by atoms with van der Waals surface area (Å²) >= 11 is 0. The van der Waals surface area contributed by atoms with Crippen molar-refractivity contribution in [2.24, 2.45) is 0 Å². The predicted octanol–water partition coefficient (Wildman–Crippen LogP) is 5.89. The van der Waals surface area contributed by atoms with Crippen molar-refractivity contribution < 1.29 is 9.59 Å². The average Bonchev–Trinajstić information content (AvgIpc) is 2.89. The van der Waals surface area contributed by atoms with Crippen LogP contribution in [0, 0.1) is 0 Å². The molecule has 1 fully saturated rings. The number of fused-ring (bicyclic) bond motifs is 1. The van der Waals surface area contributed by atoms with E-state index in [-0.39, 0.29) is 11.8 Å². The van der Waals surface area contributed by atoms with E-state index >= 15 is 0 Å². The molecule has 0 aromatic heterocycles. The summed E-state index contributed by atoms with van der Waals surface area (Å²) in [7, 11) is 0. The van der Waals surface area contributed by atoms with E-state index in [1.165, 1.54) is 36.0 Å². The Hall–Kier alpha value is -3.44. The summed E-state index contributed by atoms with van der Waals surface area (Å²) in [5.41, 5.74) is 6.96. The van der Waals surface area contributed by atoms with Gasteiger partial charge in [-0.3, -0.25) is 14.5 Å². The Labute approximate surface area is 207 Å². The van der Waals surface area contributed by atoms with Gasteiger partial charge in [-0.1, -0.05) is 48.9 Å². The number of benzene rings is 3. The summed E-state index contributed by atoms with van der Waals surface area (Å²) in [4.78, 5) is 29.9. The Morgan fingerprint density at radius 1 is 0.914 bits per heavy atom. The topological polar surface area (TPSA) is 52.7 Å². The molecule has 180 valence electrons. The first kappa shape index (κ1) is 23.3. The quantitative estimate of drug-likeness (QED) is 0.492. The average molecular weight is 468 g/mol. The summed E-state index contributed by atoms with van der Waals surface area (Å²) in [5.74, 6) is 0.0111. The number of aryl methyl sites for hydroxylation is 1. The molecular formula is C30H33N3O2. The minimum absolute atomic E-state index is 0.130. The molecule has 2 amide bonds. The molecule has 0 unspecified atom stereocenters. The first-order chi connectivity index (χ1) is 17.1. The van der Waals surface area contributed by atoms with E-state index < -0.39 is 0 Å². The summed E-state index contributed by atoms with van der Waals surface area (Å²) in [6.07, 6.45) is 5.05. The molecule has 2 aliphatic rings. The zero-order valence-electron chi connectivity index (χ0n) is 20.4. The van der Waals surface area contributed by atoms with Crippen LogP contribution in [-0.2, 0) is 17.8 Å². The van der Waals surface area contributed by atoms with Gasteiger partial charge in [0.2, 0.25) is 5.91 Å². The molecule has 5 heteroatoms. The second-order valence-electron chi connectivity index (χ2n) is 9.51. The third kappa shape index (κ3) is 5.15. The molecule has 3 aromatic carbocycles. The van der Waals surface area contributed by atoms with Gasteiger partial charge in [-0.05, 0) is 85.8 Å². The molecule has 0 saturated carbocycles. The Kier molecular flexibility index (Phi) is 6.96. The molecule has 1 saturated heterocycles. The zero-order chi connectivity index (χ0) is 24.2. The molecule has 5 nitrogen and oxygen atoms in total. The van der Waals surface area contributed by atoms with Crippen LogP contribution in [0.1, 0.15) is 54.1 Å². The fraction of sp³-hybridized carbons (Fsp3) is 0.333. The summed E-state index contributed by atoms with van der Waals surface area (Å²) in [5, 5.41) is 3.07. The summed E-state index contributed by atoms with van der Waals surface area (Å²) < 4.78 is 0. The molecule has 0 bridgehead atoms. The highest BCUT2D eigenvalue weighted by Gasteiger charge is 2.23. The third-order valence-electron chi connectivity index (χ3n) is 7.15. The molecular weight excluding hydrogens is 434 g/mol. The van der Waals surface area contributed by atoms with Crippen LogP contribution in [0.15, 0.2) is 66.7 Å². The van der Waals surface area contributed by atoms with Crippen LogP contribution in [0.25, 0.3) is 11.1 Å². The second kappa shape index (κ2) is 10.4. The van der Waals surface area contributed by atoms with Gasteiger partial charge in [0.1, 0.15) is 0 Å². The van der Waals surface area contributed by atoms with Crippen LogP contribution in [-0.4, -0.2) is 36.3 Å². The molecule has 3 aromatic rings. The van der Waals surface area contributed by atoms with E-state index in [0.29, 0.717) is 24.2 Å². The number of carbonyl (C=O) groups excluding carboxylic acids is 2. The van der Waals surface area contributed by atoms with Crippen molar-refractivity contribution in [2.75, 3.05) is 29.9 Å². The number of nitrogens with one attached hydrogen (secondary N) is 1. The lowest BCUT2D eigenvalue weighted by Crippen LogP contribution is -2.34. The molecule has 1 N–H and O–H groups in total. The maximum absolute atomic E-state index is 13.3. The lowest BCUT2D eigenvalue weighted by atomic mass is 9.96. The van der Waals surface area contributed by atoms with E-state index in [1.807, 2.05) is 43.3 Å². The highest BCUT2D eigenvalue weighted by Crippen LogP contribution is 2.31. The number of hydrogen-bond donors (Lipinski definition) is 1. The fourth-order valence-corrected chi connectivity index (χ4v) is 5.29. The molecule has 0 radical (unpaired) electrons. The van der Waals surface area contributed by atoms with Gasteiger partial charge in [-0.15, -0.1) is 0 Å². The Balaban J connectivity index is 1.41. The Morgan fingerprint density at radius 2 is 1.71 bits per heavy atom. The van der Waals surface area contributed by atoms with Crippen molar-refractivity contribution in [1.29, 1.82) is 0 Å². The molecule has 5 rings (SSSR count). The molecule has 35 heavy (non-hydrogen) atoms. The van der Waals surface area contributed by atoms with Gasteiger partial charge in [-0.25, -0.2) is 0 Å². The number of hydrogen-bond acceptors (Lipinski definition) is 3. The second-order valence-corrected chi connectivity index (χ2v) is 9.51. The van der Waals surface area contributed by atoms with Crippen molar-refractivity contribution in [3.05, 3.63) is 83.4 Å². The predicted molar refractivity (Wildman–Crippen MR) is 142 cm³/mol. The van der Waals surface area contributed by atoms with Crippen molar-refractivity contribution in [2.45, 2.75) is 45.6 Å². The van der Waals surface area contributed by atoms with E-state index in [1.54, 1.807) is 4.90 Å². The van der Waals surface area contributed by atoms with Crippen molar-refractivity contribution in [3.63, 3.8) is 0 Å². The fourth-order valence-electron chi connectivity index (χ4n) is 5.29. The van der Waals surface area contributed by atoms with E-state index in [4.69, 9.17) is 0 Å². The number of nitrogens with zero attached hydrogens (tertiary/aromatic N) is 2. The Morgan fingerprint density at radius 3 is 2.49 bits per heavy atom. The largest absolute Gasteiger partial charge is 0.322 e. The highest BCUT2D eigenvalue weighted by molar-refractivity contribution is 6.05. The molecule has 2 heterocycles. The molecule has 2 aliphatic heterocycles. The lowest BCUT2D eigenvalue weighted by molar-refractivity contribution is -0.118. The molecule has 0 aliphatic carbocycles. The standard InChI is InChI=1S/C30H33N3O2/c1-2-33-28-20-26(14-11-23(28)13-16-29(33)34)31-30(35)24-12-15-27(22-9-5-3-6-10-22)25(19-24)21-32-17-7-4-8-18-32/h3,5-6,9-12,14-15,19-20H,2,4,7-8,13,16-18,21H2,1H3,(H,31,35). The van der Waals surface area contributed by atoms with Gasteiger partial charge in [0.25, 0.3) is 5.91 Å². The number of likely N-dealkylation sites (tertiary alicyclic amines) is 1. The van der Waals surface area contributed by atoms with Gasteiger partial charge in [-0.2, -0.15) is 0 Å². The van der Waals surface area contributed by atoms with Gasteiger partial charge in [0, 0.05) is 36.4 Å². The maximum atomic E-state index is 13.3. The van der Waals surface area contributed by atoms with Crippen LogP contribution in [0.2, 0.25) is 0 Å². The van der Waals surface area contributed by atoms with Gasteiger partial charge >= 0.3 is 0 Å². The smallest absolute Gasteiger partial charge is 0.255 e. The first-order valence-electron chi connectivity index (χ1n) is 12.8. The van der Waals surface area contributed by atoms with E-state index in [0.717, 1.165) is 37.3 Å². The van der Waals surface area contributed by atoms with Gasteiger partial charge in [0.15, 0.2) is 0 Å². The minimum atomic E-state index is -0.130. The number of amides is 2. The summed E-state index contributed by atoms with van der Waals surface area (Å²) in [6, 6.07) is 22.3. The van der Waals surface area contributed by atoms with Crippen LogP contribution < -0.4 is 10.2 Å². The monoisotopic (exact) mass is 467 g/mol.